The maximum atomic E-state index is 12.3. The smallest absolute Gasteiger partial charge is 0.323 e. The van der Waals surface area contributed by atoms with Gasteiger partial charge in [0.05, 0.1) is 11.5 Å². The Labute approximate surface area is 125 Å². The van der Waals surface area contributed by atoms with Crippen LogP contribution in [0.3, 0.4) is 0 Å². The van der Waals surface area contributed by atoms with E-state index in [4.69, 9.17) is 21.4 Å². The van der Waals surface area contributed by atoms with Crippen molar-refractivity contribution in [3.63, 3.8) is 0 Å². The summed E-state index contributed by atoms with van der Waals surface area (Å²) in [4.78, 5) is 34.3. The molecule has 0 aliphatic heterocycles. The van der Waals surface area contributed by atoms with E-state index in [1.54, 1.807) is 0 Å². The van der Waals surface area contributed by atoms with E-state index in [1.165, 1.54) is 19.2 Å². The second kappa shape index (κ2) is 7.55. The molecule has 0 aliphatic rings. The maximum Gasteiger partial charge on any atom is 0.323 e. The Morgan fingerprint density at radius 1 is 1.48 bits per heavy atom. The topological polar surface area (TPSA) is 110 Å². The Kier molecular flexibility index (Phi) is 6.07. The Balaban J connectivity index is 3.13. The molecule has 9 heteroatoms. The Bertz CT molecular complexity index is 563. The number of ether oxygens (including phenoxy) is 1. The van der Waals surface area contributed by atoms with Crippen LogP contribution in [0.4, 0.5) is 5.69 Å². The molecule has 0 spiro atoms. The summed E-state index contributed by atoms with van der Waals surface area (Å²) >= 11 is 5.67. The van der Waals surface area contributed by atoms with Gasteiger partial charge in [0.2, 0.25) is 0 Å². The van der Waals surface area contributed by atoms with Crippen molar-refractivity contribution in [3.8, 4) is 0 Å². The maximum absolute atomic E-state index is 12.3. The van der Waals surface area contributed by atoms with Gasteiger partial charge < -0.3 is 14.7 Å². The van der Waals surface area contributed by atoms with E-state index in [0.717, 1.165) is 11.0 Å². The lowest BCUT2D eigenvalue weighted by molar-refractivity contribution is -0.385. The average molecular weight is 317 g/mol. The normalized spacial score (nSPS) is 10.2. The number of nitro benzene ring substituents is 1. The SMILES string of the molecule is COCCN(CC(=O)O)C(=O)c1ccc(Cl)cc1[N+](=O)[O-]. The minimum absolute atomic E-state index is 0.00140. The van der Waals surface area contributed by atoms with E-state index in [1.807, 2.05) is 0 Å². The molecule has 1 aromatic carbocycles. The van der Waals surface area contributed by atoms with Gasteiger partial charge in [-0.05, 0) is 12.1 Å². The molecule has 1 N–H and O–H groups in total. The lowest BCUT2D eigenvalue weighted by atomic mass is 10.1. The minimum Gasteiger partial charge on any atom is -0.480 e. The van der Waals surface area contributed by atoms with Gasteiger partial charge in [-0.25, -0.2) is 0 Å². The first-order valence-corrected chi connectivity index (χ1v) is 6.18. The van der Waals surface area contributed by atoms with Gasteiger partial charge in [0.1, 0.15) is 12.1 Å². The third-order valence-electron chi connectivity index (χ3n) is 2.57. The van der Waals surface area contributed by atoms with Crippen LogP contribution < -0.4 is 0 Å². The number of halogens is 1. The van der Waals surface area contributed by atoms with Crippen LogP contribution in [0, 0.1) is 10.1 Å². The molecule has 0 aromatic heterocycles. The molecule has 1 rings (SSSR count). The third-order valence-corrected chi connectivity index (χ3v) is 2.80. The van der Waals surface area contributed by atoms with Crippen LogP contribution in [-0.2, 0) is 9.53 Å². The number of carbonyl (C=O) groups is 2. The number of hydrogen-bond acceptors (Lipinski definition) is 5. The first kappa shape index (κ1) is 16.9. The van der Waals surface area contributed by atoms with Crippen LogP contribution in [0.1, 0.15) is 10.4 Å². The van der Waals surface area contributed by atoms with Crippen LogP contribution in [-0.4, -0.2) is 53.6 Å². The van der Waals surface area contributed by atoms with Gasteiger partial charge in [-0.3, -0.25) is 19.7 Å². The number of carboxylic acids is 1. The Hall–Kier alpha value is -2.19. The summed E-state index contributed by atoms with van der Waals surface area (Å²) in [6, 6.07) is 3.57. The summed E-state index contributed by atoms with van der Waals surface area (Å²) < 4.78 is 4.79. The quantitative estimate of drug-likeness (QED) is 0.601. The van der Waals surface area contributed by atoms with Gasteiger partial charge in [-0.1, -0.05) is 11.6 Å². The fourth-order valence-corrected chi connectivity index (χ4v) is 1.79. The molecule has 0 fully saturated rings. The molecular formula is C12H13ClN2O6. The van der Waals surface area contributed by atoms with Crippen LogP contribution in [0.15, 0.2) is 18.2 Å². The molecule has 1 aromatic rings. The summed E-state index contributed by atoms with van der Waals surface area (Å²) in [6.07, 6.45) is 0. The molecule has 0 atom stereocenters. The van der Waals surface area contributed by atoms with Gasteiger partial charge in [0, 0.05) is 24.7 Å². The summed E-state index contributed by atoms with van der Waals surface area (Å²) in [5.74, 6) is -1.99. The van der Waals surface area contributed by atoms with Gasteiger partial charge in [0.25, 0.3) is 11.6 Å². The summed E-state index contributed by atoms with van der Waals surface area (Å²) in [7, 11) is 1.40. The molecule has 114 valence electrons. The number of nitro groups is 1. The standard InChI is InChI=1S/C12H13ClN2O6/c1-21-5-4-14(7-11(16)17)12(18)9-3-2-8(13)6-10(9)15(19)20/h2-3,6H,4-5,7H2,1H3,(H,16,17). The number of aliphatic carboxylic acids is 1. The highest BCUT2D eigenvalue weighted by atomic mass is 35.5. The van der Waals surface area contributed by atoms with Gasteiger partial charge >= 0.3 is 5.97 Å². The summed E-state index contributed by atoms with van der Waals surface area (Å²) in [6.45, 7) is -0.468. The number of carboxylic acid groups (broad SMARTS) is 1. The fraction of sp³-hybridized carbons (Fsp3) is 0.333. The Morgan fingerprint density at radius 2 is 2.14 bits per heavy atom. The predicted molar refractivity (Wildman–Crippen MR) is 73.5 cm³/mol. The van der Waals surface area contributed by atoms with Crippen molar-refractivity contribution < 1.29 is 24.4 Å². The van der Waals surface area contributed by atoms with Gasteiger partial charge in [-0.15, -0.1) is 0 Å². The molecule has 0 unspecified atom stereocenters. The zero-order valence-electron chi connectivity index (χ0n) is 11.1. The molecular weight excluding hydrogens is 304 g/mol. The molecule has 0 saturated carbocycles. The third kappa shape index (κ3) is 4.69. The summed E-state index contributed by atoms with van der Waals surface area (Å²) in [5, 5.41) is 19.9. The minimum atomic E-state index is -1.23. The van der Waals surface area contributed by atoms with Gasteiger partial charge in [-0.2, -0.15) is 0 Å². The second-order valence-electron chi connectivity index (χ2n) is 4.03. The predicted octanol–water partition coefficient (Wildman–Crippen LogP) is 1.42. The highest BCUT2D eigenvalue weighted by molar-refractivity contribution is 6.31. The van der Waals surface area contributed by atoms with E-state index < -0.39 is 29.0 Å². The van der Waals surface area contributed by atoms with Crippen molar-refractivity contribution in [1.82, 2.24) is 4.90 Å². The van der Waals surface area contributed by atoms with E-state index >= 15 is 0 Å². The molecule has 1 amide bonds. The molecule has 0 heterocycles. The largest absolute Gasteiger partial charge is 0.480 e. The van der Waals surface area contributed by atoms with Gasteiger partial charge in [0.15, 0.2) is 0 Å². The zero-order valence-corrected chi connectivity index (χ0v) is 11.9. The van der Waals surface area contributed by atoms with Crippen molar-refractivity contribution in [1.29, 1.82) is 0 Å². The number of amides is 1. The number of hydrogen-bond donors (Lipinski definition) is 1. The fourth-order valence-electron chi connectivity index (χ4n) is 1.62. The molecule has 21 heavy (non-hydrogen) atoms. The first-order chi connectivity index (χ1) is 9.86. The lowest BCUT2D eigenvalue weighted by Crippen LogP contribution is -2.38. The monoisotopic (exact) mass is 316 g/mol. The highest BCUT2D eigenvalue weighted by Crippen LogP contribution is 2.24. The zero-order chi connectivity index (χ0) is 16.0. The van der Waals surface area contributed by atoms with Crippen molar-refractivity contribution in [2.75, 3.05) is 26.8 Å². The van der Waals surface area contributed by atoms with Crippen LogP contribution in [0.25, 0.3) is 0 Å². The van der Waals surface area contributed by atoms with E-state index in [9.17, 15) is 19.7 Å². The van der Waals surface area contributed by atoms with Crippen LogP contribution >= 0.6 is 11.6 Å². The number of methoxy groups -OCH3 is 1. The van der Waals surface area contributed by atoms with Crippen molar-refractivity contribution in [3.05, 3.63) is 38.9 Å². The van der Waals surface area contributed by atoms with Crippen molar-refractivity contribution in [2.24, 2.45) is 0 Å². The van der Waals surface area contributed by atoms with Crippen LogP contribution in [0.2, 0.25) is 5.02 Å². The van der Waals surface area contributed by atoms with E-state index in [2.05, 4.69) is 0 Å². The van der Waals surface area contributed by atoms with Crippen LogP contribution in [0.5, 0.6) is 0 Å². The number of benzene rings is 1. The summed E-state index contributed by atoms with van der Waals surface area (Å²) in [5.41, 5.74) is -0.693. The molecule has 8 nitrogen and oxygen atoms in total. The van der Waals surface area contributed by atoms with E-state index in [0.29, 0.717) is 0 Å². The van der Waals surface area contributed by atoms with Crippen molar-refractivity contribution in [2.45, 2.75) is 0 Å². The number of rotatable bonds is 7. The highest BCUT2D eigenvalue weighted by Gasteiger charge is 2.26. The first-order valence-electron chi connectivity index (χ1n) is 5.80. The number of nitrogens with zero attached hydrogens (tertiary/aromatic N) is 2. The molecule has 0 aliphatic carbocycles. The van der Waals surface area contributed by atoms with Crippen molar-refractivity contribution >= 4 is 29.2 Å². The Morgan fingerprint density at radius 3 is 2.67 bits per heavy atom. The molecule has 0 bridgehead atoms. The average Bonchev–Trinajstić information content (AvgIpc) is 2.42. The molecule has 0 saturated heterocycles. The van der Waals surface area contributed by atoms with E-state index in [-0.39, 0.29) is 23.7 Å². The second-order valence-corrected chi connectivity index (χ2v) is 4.47. The lowest BCUT2D eigenvalue weighted by Gasteiger charge is -2.20. The number of carbonyl (C=O) groups excluding carboxylic acids is 1. The molecule has 0 radical (unpaired) electrons.